The first-order valence-corrected chi connectivity index (χ1v) is 10.2. The van der Waals surface area contributed by atoms with Gasteiger partial charge in [-0.2, -0.15) is 0 Å². The average Bonchev–Trinajstić information content (AvgIpc) is 2.73. The number of pyridine rings is 1. The fraction of sp³-hybridized carbons (Fsp3) is 0.455. The molecule has 1 fully saturated rings. The number of aromatic nitrogens is 1. The van der Waals surface area contributed by atoms with Crippen molar-refractivity contribution < 1.29 is 4.74 Å². The molecule has 0 aliphatic carbocycles. The predicted molar refractivity (Wildman–Crippen MR) is 131 cm³/mol. The maximum absolute atomic E-state index is 5.84. The normalized spacial score (nSPS) is 16.0. The summed E-state index contributed by atoms with van der Waals surface area (Å²) < 4.78 is 5.65. The quantitative estimate of drug-likeness (QED) is 0.256. The predicted octanol–water partition coefficient (Wildman–Crippen LogP) is 4.12. The number of halogens is 2. The molecule has 1 aliphatic rings. The van der Waals surface area contributed by atoms with Crippen molar-refractivity contribution in [1.29, 1.82) is 0 Å². The first kappa shape index (κ1) is 23.9. The molecule has 5 nitrogen and oxygen atoms in total. The lowest BCUT2D eigenvalue weighted by Crippen LogP contribution is -2.48. The summed E-state index contributed by atoms with van der Waals surface area (Å²) in [5, 5.41) is 7.47. The summed E-state index contributed by atoms with van der Waals surface area (Å²) >= 11 is 5.84. The van der Waals surface area contributed by atoms with E-state index in [1.165, 1.54) is 11.1 Å². The van der Waals surface area contributed by atoms with Crippen LogP contribution in [0.15, 0.2) is 47.6 Å². The van der Waals surface area contributed by atoms with Gasteiger partial charge in [0, 0.05) is 45.0 Å². The number of ether oxygens (including phenoxy) is 1. The molecule has 2 heterocycles. The van der Waals surface area contributed by atoms with E-state index in [1.807, 2.05) is 25.4 Å². The van der Waals surface area contributed by atoms with Crippen LogP contribution in [0.2, 0.25) is 5.15 Å². The van der Waals surface area contributed by atoms with Crippen LogP contribution in [0.1, 0.15) is 29.5 Å². The molecule has 0 atom stereocenters. The monoisotopic (exact) mass is 528 g/mol. The molecule has 3 rings (SSSR count). The van der Waals surface area contributed by atoms with Gasteiger partial charge in [0.05, 0.1) is 0 Å². The van der Waals surface area contributed by atoms with Gasteiger partial charge < -0.3 is 15.4 Å². The van der Waals surface area contributed by atoms with E-state index in [4.69, 9.17) is 16.3 Å². The third-order valence-electron chi connectivity index (χ3n) is 5.48. The highest BCUT2D eigenvalue weighted by Gasteiger charge is 2.35. The number of aryl methyl sites for hydroxylation is 1. The van der Waals surface area contributed by atoms with Gasteiger partial charge in [-0.25, -0.2) is 4.98 Å². The molecule has 0 spiro atoms. The molecule has 1 aromatic carbocycles. The second-order valence-corrected chi connectivity index (χ2v) is 7.69. The van der Waals surface area contributed by atoms with Crippen LogP contribution >= 0.6 is 35.6 Å². The molecule has 0 saturated carbocycles. The molecular formula is C22H30ClIN4O. The van der Waals surface area contributed by atoms with Gasteiger partial charge in [-0.3, -0.25) is 4.99 Å². The number of aliphatic imine (C=N–C) groups is 1. The molecule has 29 heavy (non-hydrogen) atoms. The second-order valence-electron chi connectivity index (χ2n) is 7.30. The number of rotatable bonds is 6. The van der Waals surface area contributed by atoms with Crippen molar-refractivity contribution in [2.45, 2.75) is 31.6 Å². The lowest BCUT2D eigenvalue weighted by molar-refractivity contribution is 0.0512. The summed E-state index contributed by atoms with van der Waals surface area (Å²) in [6, 6.07) is 12.5. The summed E-state index contributed by atoms with van der Waals surface area (Å²) in [7, 11) is 1.81. The van der Waals surface area contributed by atoms with Crippen LogP contribution in [0, 0.1) is 6.92 Å². The van der Waals surface area contributed by atoms with Gasteiger partial charge in [0.15, 0.2) is 5.96 Å². The summed E-state index contributed by atoms with van der Waals surface area (Å²) in [5.74, 6) is 0.821. The Morgan fingerprint density at radius 1 is 1.17 bits per heavy atom. The Morgan fingerprint density at radius 2 is 1.93 bits per heavy atom. The van der Waals surface area contributed by atoms with Crippen molar-refractivity contribution in [1.82, 2.24) is 15.6 Å². The van der Waals surface area contributed by atoms with Crippen molar-refractivity contribution in [2.75, 3.05) is 33.4 Å². The van der Waals surface area contributed by atoms with E-state index in [0.29, 0.717) is 5.15 Å². The van der Waals surface area contributed by atoms with E-state index in [1.54, 1.807) is 0 Å². The maximum Gasteiger partial charge on any atom is 0.191 e. The van der Waals surface area contributed by atoms with Gasteiger partial charge in [0.2, 0.25) is 0 Å². The van der Waals surface area contributed by atoms with E-state index >= 15 is 0 Å². The lowest BCUT2D eigenvalue weighted by atomic mass is 9.72. The molecule has 158 valence electrons. The molecule has 0 bridgehead atoms. The third-order valence-corrected chi connectivity index (χ3v) is 5.70. The molecule has 0 unspecified atom stereocenters. The first-order valence-electron chi connectivity index (χ1n) is 9.82. The maximum atomic E-state index is 5.84. The van der Waals surface area contributed by atoms with Gasteiger partial charge in [-0.1, -0.05) is 41.9 Å². The highest BCUT2D eigenvalue weighted by molar-refractivity contribution is 14.0. The number of nitrogens with zero attached hydrogens (tertiary/aromatic N) is 2. The minimum absolute atomic E-state index is 0. The van der Waals surface area contributed by atoms with Gasteiger partial charge in [0.1, 0.15) is 5.15 Å². The van der Waals surface area contributed by atoms with E-state index in [9.17, 15) is 0 Å². The minimum atomic E-state index is 0. The summed E-state index contributed by atoms with van der Waals surface area (Å²) in [5.41, 5.74) is 3.97. The molecular weight excluding hydrogens is 499 g/mol. The smallest absolute Gasteiger partial charge is 0.191 e. The fourth-order valence-electron chi connectivity index (χ4n) is 3.82. The van der Waals surface area contributed by atoms with Crippen molar-refractivity contribution in [3.63, 3.8) is 0 Å². The van der Waals surface area contributed by atoms with Gasteiger partial charge in [-0.05, 0) is 48.9 Å². The van der Waals surface area contributed by atoms with Crippen molar-refractivity contribution in [2.24, 2.45) is 4.99 Å². The van der Waals surface area contributed by atoms with Gasteiger partial charge in [-0.15, -0.1) is 24.0 Å². The molecule has 1 aromatic heterocycles. The first-order chi connectivity index (χ1) is 13.6. The van der Waals surface area contributed by atoms with Crippen molar-refractivity contribution in [3.05, 3.63) is 64.4 Å². The third kappa shape index (κ3) is 6.55. The zero-order chi connectivity index (χ0) is 19.8. The molecule has 7 heteroatoms. The molecule has 1 aliphatic heterocycles. The Bertz CT molecular complexity index is 792. The number of hydrogen-bond donors (Lipinski definition) is 2. The van der Waals surface area contributed by atoms with E-state index in [-0.39, 0.29) is 29.4 Å². The standard InChI is InChI=1S/C22H29ClN4O.HI/c1-17-5-3-4-6-19(17)22(10-13-28-14-11-22)16-27-21(24-2)25-12-9-18-7-8-20(23)26-15-18;/h3-8,15H,9-14,16H2,1-2H3,(H2,24,25,27);1H. The molecule has 0 radical (unpaired) electrons. The average molecular weight is 529 g/mol. The zero-order valence-corrected chi connectivity index (χ0v) is 20.2. The Balaban J connectivity index is 0.00000300. The summed E-state index contributed by atoms with van der Waals surface area (Å²) in [6.07, 6.45) is 4.70. The largest absolute Gasteiger partial charge is 0.381 e. The van der Waals surface area contributed by atoms with Crippen LogP contribution in [-0.2, 0) is 16.6 Å². The van der Waals surface area contributed by atoms with Crippen LogP contribution in [0.3, 0.4) is 0 Å². The van der Waals surface area contributed by atoms with Gasteiger partial charge in [0.25, 0.3) is 0 Å². The number of hydrogen-bond acceptors (Lipinski definition) is 3. The number of nitrogens with one attached hydrogen (secondary N) is 2. The topological polar surface area (TPSA) is 58.5 Å². The van der Waals surface area contributed by atoms with Crippen molar-refractivity contribution in [3.8, 4) is 0 Å². The van der Waals surface area contributed by atoms with E-state index in [0.717, 1.165) is 57.1 Å². The Hall–Kier alpha value is -1.38. The summed E-state index contributed by atoms with van der Waals surface area (Å²) in [4.78, 5) is 8.52. The molecule has 2 N–H and O–H groups in total. The Labute approximate surface area is 195 Å². The molecule has 2 aromatic rings. The SMILES string of the molecule is CN=C(NCCc1ccc(Cl)nc1)NCC1(c2ccccc2C)CCOCC1.I. The van der Waals surface area contributed by atoms with Crippen LogP contribution in [0.25, 0.3) is 0 Å². The van der Waals surface area contributed by atoms with Crippen LogP contribution < -0.4 is 10.6 Å². The van der Waals surface area contributed by atoms with E-state index in [2.05, 4.69) is 51.8 Å². The van der Waals surface area contributed by atoms with Crippen LogP contribution in [0.5, 0.6) is 0 Å². The molecule has 1 saturated heterocycles. The van der Waals surface area contributed by atoms with Crippen LogP contribution in [0.4, 0.5) is 0 Å². The zero-order valence-electron chi connectivity index (χ0n) is 17.1. The highest BCUT2D eigenvalue weighted by atomic mass is 127. The Kier molecular flexibility index (Phi) is 9.65. The lowest BCUT2D eigenvalue weighted by Gasteiger charge is -2.39. The van der Waals surface area contributed by atoms with Crippen molar-refractivity contribution >= 4 is 41.5 Å². The fourth-order valence-corrected chi connectivity index (χ4v) is 3.94. The second kappa shape index (κ2) is 11.7. The van der Waals surface area contributed by atoms with Crippen LogP contribution in [-0.4, -0.2) is 44.3 Å². The minimum Gasteiger partial charge on any atom is -0.381 e. The number of benzene rings is 1. The highest BCUT2D eigenvalue weighted by Crippen LogP contribution is 2.36. The summed E-state index contributed by atoms with van der Waals surface area (Å²) in [6.45, 7) is 5.41. The molecule has 0 amide bonds. The van der Waals surface area contributed by atoms with Gasteiger partial charge >= 0.3 is 0 Å². The number of guanidine groups is 1. The Morgan fingerprint density at radius 3 is 2.59 bits per heavy atom. The van der Waals surface area contributed by atoms with E-state index < -0.39 is 0 Å².